The first kappa shape index (κ1) is 21.4. The number of alkyl halides is 3. The number of hydrogen-bond donors (Lipinski definition) is 1. The van der Waals surface area contributed by atoms with E-state index in [-0.39, 0.29) is 41.2 Å². The lowest BCUT2D eigenvalue weighted by atomic mass is 9.96. The van der Waals surface area contributed by atoms with Gasteiger partial charge in [-0.25, -0.2) is 9.37 Å². The van der Waals surface area contributed by atoms with Crippen molar-refractivity contribution in [3.8, 4) is 5.69 Å². The van der Waals surface area contributed by atoms with Crippen LogP contribution in [0.2, 0.25) is 0 Å². The zero-order chi connectivity index (χ0) is 23.3. The van der Waals surface area contributed by atoms with Crippen LogP contribution in [0, 0.1) is 11.7 Å². The van der Waals surface area contributed by atoms with E-state index in [2.05, 4.69) is 20.5 Å². The van der Waals surface area contributed by atoms with Gasteiger partial charge in [-0.2, -0.15) is 23.4 Å². The van der Waals surface area contributed by atoms with Crippen molar-refractivity contribution in [3.63, 3.8) is 0 Å². The van der Waals surface area contributed by atoms with E-state index in [0.29, 0.717) is 5.82 Å². The predicted molar refractivity (Wildman–Crippen MR) is 110 cm³/mol. The fourth-order valence-electron chi connectivity index (χ4n) is 4.97. The molecule has 0 unspecified atom stereocenters. The fraction of sp³-hybridized carbons (Fsp3) is 0.364. The van der Waals surface area contributed by atoms with Crippen LogP contribution in [-0.4, -0.2) is 48.9 Å². The Labute approximate surface area is 186 Å². The van der Waals surface area contributed by atoms with Crippen LogP contribution in [-0.2, 0) is 6.18 Å². The molecule has 3 heterocycles. The van der Waals surface area contributed by atoms with E-state index in [4.69, 9.17) is 0 Å². The van der Waals surface area contributed by atoms with Crippen LogP contribution < -0.4 is 5.32 Å². The Hall–Kier alpha value is -3.50. The van der Waals surface area contributed by atoms with Gasteiger partial charge in [0.2, 0.25) is 0 Å². The first-order valence-electron chi connectivity index (χ1n) is 10.5. The van der Waals surface area contributed by atoms with Crippen molar-refractivity contribution in [1.82, 2.24) is 24.9 Å². The Morgan fingerprint density at radius 1 is 1.12 bits per heavy atom. The average Bonchev–Trinajstić information content (AvgIpc) is 3.50. The zero-order valence-electron chi connectivity index (χ0n) is 17.5. The van der Waals surface area contributed by atoms with E-state index in [1.54, 1.807) is 11.0 Å². The van der Waals surface area contributed by atoms with Gasteiger partial charge in [0.05, 0.1) is 29.6 Å². The molecule has 11 heteroatoms. The Balaban J connectivity index is 1.40. The number of fused-ring (bicyclic) bond motifs is 2. The maximum atomic E-state index is 14.7. The molecule has 2 fully saturated rings. The van der Waals surface area contributed by atoms with Crippen LogP contribution in [0.15, 0.2) is 48.9 Å². The number of rotatable bonds is 4. The van der Waals surface area contributed by atoms with E-state index in [0.717, 1.165) is 29.9 Å². The molecule has 7 nitrogen and oxygen atoms in total. The molecule has 1 aliphatic carbocycles. The smallest absolute Gasteiger partial charge is 0.365 e. The molecule has 2 aromatic heterocycles. The van der Waals surface area contributed by atoms with Gasteiger partial charge in [-0.05, 0) is 49.9 Å². The highest BCUT2D eigenvalue weighted by atomic mass is 19.4. The van der Waals surface area contributed by atoms with E-state index in [1.165, 1.54) is 30.6 Å². The minimum Gasteiger partial charge on any atom is -0.365 e. The molecule has 4 atom stereocenters. The van der Waals surface area contributed by atoms with Gasteiger partial charge in [-0.15, -0.1) is 4.80 Å². The molecule has 1 N–H and O–H groups in total. The van der Waals surface area contributed by atoms with Crippen LogP contribution in [0.1, 0.15) is 35.7 Å². The molecule has 1 aliphatic heterocycles. The lowest BCUT2D eigenvalue weighted by Gasteiger charge is -2.38. The van der Waals surface area contributed by atoms with Crippen molar-refractivity contribution in [3.05, 3.63) is 65.9 Å². The normalized spacial score (nSPS) is 24.3. The van der Waals surface area contributed by atoms with Gasteiger partial charge in [0.15, 0.2) is 5.82 Å². The summed E-state index contributed by atoms with van der Waals surface area (Å²) in [5.74, 6) is -0.426. The van der Waals surface area contributed by atoms with Crippen molar-refractivity contribution >= 4 is 11.7 Å². The number of carbonyl (C=O) groups is 1. The van der Waals surface area contributed by atoms with Gasteiger partial charge in [0.25, 0.3) is 5.91 Å². The molecule has 1 saturated carbocycles. The zero-order valence-corrected chi connectivity index (χ0v) is 17.5. The number of carbonyl (C=O) groups excluding carboxylic acids is 1. The maximum Gasteiger partial charge on any atom is 0.417 e. The third-order valence-electron chi connectivity index (χ3n) is 6.54. The molecule has 5 rings (SSSR count). The lowest BCUT2D eigenvalue weighted by Crippen LogP contribution is -2.51. The summed E-state index contributed by atoms with van der Waals surface area (Å²) in [5, 5.41) is 11.1. The number of anilines is 1. The highest BCUT2D eigenvalue weighted by Gasteiger charge is 2.52. The largest absolute Gasteiger partial charge is 0.417 e. The summed E-state index contributed by atoms with van der Waals surface area (Å²) >= 11 is 0. The standard InChI is InChI=1S/C22H20F4N6O/c1-12-13-9-17(30-19-6-5-14(11-27-19)22(24,25)26)18(10-13)31(12)21(33)15-3-2-4-16(23)20(15)32-28-7-8-29-32/h2-8,11-13,17-18H,9-10H2,1H3,(H,27,30)/t12-,13+,17-,18+/m1/s1. The molecule has 0 spiro atoms. The van der Waals surface area contributed by atoms with E-state index in [1.807, 2.05) is 6.92 Å². The SMILES string of the molecule is C[C@@H]1[C@H]2C[C@@H](Nc3ccc(C(F)(F)F)cn3)[C@H](C2)N1C(=O)c1cccc(F)c1-n1nccn1. The van der Waals surface area contributed by atoms with Gasteiger partial charge < -0.3 is 10.2 Å². The number of amides is 1. The average molecular weight is 460 g/mol. The van der Waals surface area contributed by atoms with Gasteiger partial charge in [0.1, 0.15) is 11.5 Å². The molecule has 2 aliphatic rings. The van der Waals surface area contributed by atoms with Crippen LogP contribution >= 0.6 is 0 Å². The molecule has 1 saturated heterocycles. The number of halogens is 4. The highest BCUT2D eigenvalue weighted by molar-refractivity contribution is 5.98. The summed E-state index contributed by atoms with van der Waals surface area (Å²) in [6, 6.07) is 6.07. The third kappa shape index (κ3) is 3.70. The number of piperidine rings is 1. The van der Waals surface area contributed by atoms with E-state index >= 15 is 0 Å². The first-order chi connectivity index (χ1) is 15.7. The van der Waals surface area contributed by atoms with Crippen LogP contribution in [0.5, 0.6) is 0 Å². The van der Waals surface area contributed by atoms with Crippen molar-refractivity contribution in [2.75, 3.05) is 5.32 Å². The molecular weight excluding hydrogens is 440 g/mol. The van der Waals surface area contributed by atoms with Crippen LogP contribution in [0.3, 0.4) is 0 Å². The minimum atomic E-state index is -4.46. The topological polar surface area (TPSA) is 75.9 Å². The first-order valence-corrected chi connectivity index (χ1v) is 10.5. The number of hydrogen-bond acceptors (Lipinski definition) is 5. The Kier molecular flexibility index (Phi) is 5.06. The summed E-state index contributed by atoms with van der Waals surface area (Å²) in [6.07, 6.45) is 0.640. The fourth-order valence-corrected chi connectivity index (χ4v) is 4.97. The number of pyridine rings is 1. The number of likely N-dealkylation sites (tertiary alicyclic amines) is 1. The number of aromatic nitrogens is 4. The Morgan fingerprint density at radius 2 is 1.88 bits per heavy atom. The van der Waals surface area contributed by atoms with Gasteiger partial charge in [-0.1, -0.05) is 6.07 Å². The third-order valence-corrected chi connectivity index (χ3v) is 6.54. The van der Waals surface area contributed by atoms with Crippen molar-refractivity contribution < 1.29 is 22.4 Å². The van der Waals surface area contributed by atoms with Crippen LogP contribution in [0.4, 0.5) is 23.4 Å². The van der Waals surface area contributed by atoms with Crippen molar-refractivity contribution in [2.45, 2.75) is 44.1 Å². The molecule has 1 amide bonds. The Morgan fingerprint density at radius 3 is 2.52 bits per heavy atom. The summed E-state index contributed by atoms with van der Waals surface area (Å²) in [7, 11) is 0. The van der Waals surface area contributed by atoms with E-state index in [9.17, 15) is 22.4 Å². The molecule has 3 aromatic rings. The lowest BCUT2D eigenvalue weighted by molar-refractivity contribution is -0.137. The van der Waals surface area contributed by atoms with E-state index < -0.39 is 17.6 Å². The van der Waals surface area contributed by atoms with Crippen LogP contribution in [0.25, 0.3) is 5.69 Å². The molecule has 1 aromatic carbocycles. The van der Waals surface area contributed by atoms with Gasteiger partial charge in [0, 0.05) is 18.3 Å². The van der Waals surface area contributed by atoms with Gasteiger partial charge in [-0.3, -0.25) is 4.79 Å². The summed E-state index contributed by atoms with van der Waals surface area (Å²) < 4.78 is 53.1. The second-order valence-electron chi connectivity index (χ2n) is 8.39. The number of para-hydroxylation sites is 1. The van der Waals surface area contributed by atoms with Gasteiger partial charge >= 0.3 is 6.18 Å². The molecule has 2 bridgehead atoms. The highest BCUT2D eigenvalue weighted by Crippen LogP contribution is 2.44. The maximum absolute atomic E-state index is 14.7. The second kappa shape index (κ2) is 7.82. The van der Waals surface area contributed by atoms with Crippen molar-refractivity contribution in [1.29, 1.82) is 0 Å². The quantitative estimate of drug-likeness (QED) is 0.598. The second-order valence-corrected chi connectivity index (χ2v) is 8.39. The molecule has 33 heavy (non-hydrogen) atoms. The Bertz CT molecular complexity index is 1160. The number of benzene rings is 1. The summed E-state index contributed by atoms with van der Waals surface area (Å²) in [6.45, 7) is 1.96. The molecule has 172 valence electrons. The minimum absolute atomic E-state index is 0.0172. The predicted octanol–water partition coefficient (Wildman–Crippen LogP) is 3.92. The van der Waals surface area contributed by atoms with Crippen molar-refractivity contribution in [2.24, 2.45) is 5.92 Å². The summed E-state index contributed by atoms with van der Waals surface area (Å²) in [5.41, 5.74) is -0.689. The monoisotopic (exact) mass is 460 g/mol. The molecule has 0 radical (unpaired) electrons. The summed E-state index contributed by atoms with van der Waals surface area (Å²) in [4.78, 5) is 20.3. The molecular formula is C22H20F4N6O. The number of nitrogens with one attached hydrogen (secondary N) is 1. The number of nitrogens with zero attached hydrogens (tertiary/aromatic N) is 5.